The minimum atomic E-state index is -0.332. The highest BCUT2D eigenvalue weighted by atomic mass is 35.5. The van der Waals surface area contributed by atoms with Gasteiger partial charge in [-0.1, -0.05) is 6.07 Å². The lowest BCUT2D eigenvalue weighted by atomic mass is 10.1. The Morgan fingerprint density at radius 2 is 2.21 bits per heavy atom. The smallest absolute Gasteiger partial charge is 0.243 e. The van der Waals surface area contributed by atoms with E-state index < -0.39 is 0 Å². The van der Waals surface area contributed by atoms with Crippen molar-refractivity contribution in [2.75, 3.05) is 25.1 Å². The van der Waals surface area contributed by atoms with E-state index >= 15 is 0 Å². The zero-order valence-electron chi connectivity index (χ0n) is 11.0. The Morgan fingerprint density at radius 3 is 2.84 bits per heavy atom. The van der Waals surface area contributed by atoms with E-state index in [1.165, 1.54) is 0 Å². The number of aryl methyl sites for hydroxylation is 1. The van der Waals surface area contributed by atoms with Gasteiger partial charge in [0.15, 0.2) is 0 Å². The third-order valence-electron chi connectivity index (χ3n) is 3.13. The van der Waals surface area contributed by atoms with Gasteiger partial charge in [0, 0.05) is 17.8 Å². The van der Waals surface area contributed by atoms with Gasteiger partial charge in [0.1, 0.15) is 11.8 Å². The molecule has 0 radical (unpaired) electrons. The maximum absolute atomic E-state index is 12.0. The second kappa shape index (κ2) is 6.75. The number of phenols is 1. The van der Waals surface area contributed by atoms with E-state index in [1.807, 2.05) is 6.92 Å². The molecule has 19 heavy (non-hydrogen) atoms. The van der Waals surface area contributed by atoms with Crippen molar-refractivity contribution in [3.8, 4) is 5.75 Å². The van der Waals surface area contributed by atoms with Crippen LogP contribution in [-0.4, -0.2) is 36.8 Å². The molecule has 0 saturated carbocycles. The molecule has 0 spiro atoms. The molecule has 6 heteroatoms. The minimum Gasteiger partial charge on any atom is -0.507 e. The summed E-state index contributed by atoms with van der Waals surface area (Å²) < 4.78 is 5.24. The topological polar surface area (TPSA) is 70.6 Å². The van der Waals surface area contributed by atoms with Crippen molar-refractivity contribution in [3.63, 3.8) is 0 Å². The molecule has 1 aromatic rings. The van der Waals surface area contributed by atoms with Crippen molar-refractivity contribution in [2.24, 2.45) is 0 Å². The van der Waals surface area contributed by atoms with Crippen molar-refractivity contribution in [1.82, 2.24) is 5.32 Å². The van der Waals surface area contributed by atoms with Gasteiger partial charge in [-0.25, -0.2) is 0 Å². The van der Waals surface area contributed by atoms with Gasteiger partial charge in [-0.2, -0.15) is 0 Å². The molecule has 0 bridgehead atoms. The number of anilines is 1. The summed E-state index contributed by atoms with van der Waals surface area (Å²) >= 11 is 0. The summed E-state index contributed by atoms with van der Waals surface area (Å²) in [5.41, 5.74) is 2.11. The van der Waals surface area contributed by atoms with Gasteiger partial charge in [0.25, 0.3) is 0 Å². The molecule has 1 unspecified atom stereocenters. The quantitative estimate of drug-likeness (QED) is 0.768. The summed E-state index contributed by atoms with van der Waals surface area (Å²) in [6, 6.07) is 3.25. The Kier molecular flexibility index (Phi) is 5.60. The molecule has 1 fully saturated rings. The third-order valence-corrected chi connectivity index (χ3v) is 3.13. The minimum absolute atomic E-state index is 0. The van der Waals surface area contributed by atoms with Crippen LogP contribution in [0, 0.1) is 13.8 Å². The molecule has 3 N–H and O–H groups in total. The van der Waals surface area contributed by atoms with Crippen LogP contribution in [0.25, 0.3) is 0 Å². The van der Waals surface area contributed by atoms with Crippen LogP contribution in [0.5, 0.6) is 5.75 Å². The predicted octanol–water partition coefficient (Wildman–Crippen LogP) is 1.36. The van der Waals surface area contributed by atoms with Crippen LogP contribution in [0.15, 0.2) is 12.1 Å². The first-order valence-electron chi connectivity index (χ1n) is 6.00. The monoisotopic (exact) mass is 286 g/mol. The summed E-state index contributed by atoms with van der Waals surface area (Å²) in [6.45, 7) is 5.29. The van der Waals surface area contributed by atoms with Crippen LogP contribution in [0.2, 0.25) is 0 Å². The Morgan fingerprint density at radius 1 is 1.47 bits per heavy atom. The highest BCUT2D eigenvalue weighted by Crippen LogP contribution is 2.28. The number of nitrogens with one attached hydrogen (secondary N) is 2. The molecule has 1 saturated heterocycles. The fraction of sp³-hybridized carbons (Fsp3) is 0.462. The fourth-order valence-corrected chi connectivity index (χ4v) is 1.92. The summed E-state index contributed by atoms with van der Waals surface area (Å²) in [4.78, 5) is 12.0. The summed E-state index contributed by atoms with van der Waals surface area (Å²) in [6.07, 6.45) is 0. The van der Waals surface area contributed by atoms with Gasteiger partial charge in [0.2, 0.25) is 5.91 Å². The Hall–Kier alpha value is -1.30. The fourth-order valence-electron chi connectivity index (χ4n) is 1.92. The van der Waals surface area contributed by atoms with Gasteiger partial charge in [0.05, 0.1) is 13.2 Å². The van der Waals surface area contributed by atoms with E-state index in [0.717, 1.165) is 5.56 Å². The largest absolute Gasteiger partial charge is 0.507 e. The summed E-state index contributed by atoms with van der Waals surface area (Å²) in [7, 11) is 0. The first-order valence-corrected chi connectivity index (χ1v) is 6.00. The molecule has 1 aliphatic heterocycles. The lowest BCUT2D eigenvalue weighted by molar-refractivity contribution is -0.120. The second-order valence-corrected chi connectivity index (χ2v) is 4.47. The molecule has 2 rings (SSSR count). The molecule has 5 nitrogen and oxygen atoms in total. The van der Waals surface area contributed by atoms with E-state index in [4.69, 9.17) is 4.74 Å². The van der Waals surface area contributed by atoms with Gasteiger partial charge < -0.3 is 20.5 Å². The van der Waals surface area contributed by atoms with Crippen molar-refractivity contribution in [2.45, 2.75) is 19.9 Å². The number of phenolic OH excluding ortho intramolecular Hbond substituents is 1. The van der Waals surface area contributed by atoms with E-state index in [0.29, 0.717) is 31.0 Å². The lowest BCUT2D eigenvalue weighted by Gasteiger charge is -2.23. The molecular weight excluding hydrogens is 268 g/mol. The van der Waals surface area contributed by atoms with Crippen LogP contribution >= 0.6 is 12.4 Å². The SMILES string of the molecule is Cc1ccc(NC(=O)C2COCCN2)c(C)c1O.Cl. The summed E-state index contributed by atoms with van der Waals surface area (Å²) in [5.74, 6) is 0.0849. The first kappa shape index (κ1) is 15.8. The number of hydrogen-bond donors (Lipinski definition) is 3. The Balaban J connectivity index is 0.00000180. The molecular formula is C13H19ClN2O3. The zero-order valence-corrected chi connectivity index (χ0v) is 11.8. The zero-order chi connectivity index (χ0) is 13.1. The average molecular weight is 287 g/mol. The number of halogens is 1. The Labute approximate surface area is 118 Å². The molecule has 0 aliphatic carbocycles. The van der Waals surface area contributed by atoms with E-state index in [2.05, 4.69) is 10.6 Å². The second-order valence-electron chi connectivity index (χ2n) is 4.47. The average Bonchev–Trinajstić information content (AvgIpc) is 2.40. The molecule has 1 atom stereocenters. The Bertz CT molecular complexity index is 459. The van der Waals surface area contributed by atoms with Crippen LogP contribution in [0.3, 0.4) is 0 Å². The summed E-state index contributed by atoms with van der Waals surface area (Å²) in [5, 5.41) is 15.7. The van der Waals surface area contributed by atoms with E-state index in [-0.39, 0.29) is 30.1 Å². The molecule has 0 aromatic heterocycles. The third kappa shape index (κ3) is 3.59. The number of rotatable bonds is 2. The maximum atomic E-state index is 12.0. The number of carbonyl (C=O) groups is 1. The molecule has 106 valence electrons. The number of amides is 1. The van der Waals surface area contributed by atoms with Crippen LogP contribution < -0.4 is 10.6 Å². The molecule has 1 aromatic carbocycles. The number of morpholine rings is 1. The number of hydrogen-bond acceptors (Lipinski definition) is 4. The predicted molar refractivity (Wildman–Crippen MR) is 76.1 cm³/mol. The number of aromatic hydroxyl groups is 1. The van der Waals surface area contributed by atoms with Crippen LogP contribution in [0.1, 0.15) is 11.1 Å². The van der Waals surface area contributed by atoms with Gasteiger partial charge in [-0.3, -0.25) is 4.79 Å². The van der Waals surface area contributed by atoms with Crippen molar-refractivity contribution in [3.05, 3.63) is 23.3 Å². The van der Waals surface area contributed by atoms with E-state index in [1.54, 1.807) is 19.1 Å². The molecule has 1 aliphatic rings. The lowest BCUT2D eigenvalue weighted by Crippen LogP contribution is -2.48. The van der Waals surface area contributed by atoms with Crippen LogP contribution in [0.4, 0.5) is 5.69 Å². The van der Waals surface area contributed by atoms with Gasteiger partial charge in [-0.15, -0.1) is 12.4 Å². The highest BCUT2D eigenvalue weighted by molar-refractivity contribution is 5.96. The van der Waals surface area contributed by atoms with Crippen molar-refractivity contribution >= 4 is 24.0 Å². The van der Waals surface area contributed by atoms with Crippen molar-refractivity contribution < 1.29 is 14.6 Å². The van der Waals surface area contributed by atoms with Gasteiger partial charge in [-0.05, 0) is 25.5 Å². The molecule has 1 heterocycles. The van der Waals surface area contributed by atoms with E-state index in [9.17, 15) is 9.90 Å². The van der Waals surface area contributed by atoms with Crippen molar-refractivity contribution in [1.29, 1.82) is 0 Å². The highest BCUT2D eigenvalue weighted by Gasteiger charge is 2.21. The maximum Gasteiger partial charge on any atom is 0.243 e. The number of carbonyl (C=O) groups excluding carboxylic acids is 1. The normalized spacial score (nSPS) is 18.5. The number of benzene rings is 1. The molecule has 1 amide bonds. The number of ether oxygens (including phenoxy) is 1. The van der Waals surface area contributed by atoms with Crippen LogP contribution in [-0.2, 0) is 9.53 Å². The first-order chi connectivity index (χ1) is 8.59. The standard InChI is InChI=1S/C13H18N2O3.ClH/c1-8-3-4-10(9(2)12(8)16)15-13(17)11-7-18-6-5-14-11;/h3-4,11,14,16H,5-7H2,1-2H3,(H,15,17);1H. The van der Waals surface area contributed by atoms with Gasteiger partial charge >= 0.3 is 0 Å².